The number of pyridine rings is 1. The topological polar surface area (TPSA) is 98.3 Å². The number of aromatic carboxylic acids is 1. The summed E-state index contributed by atoms with van der Waals surface area (Å²) in [6.45, 7) is 0.666. The Balaban J connectivity index is 1.21. The van der Waals surface area contributed by atoms with Crippen LogP contribution in [0.25, 0.3) is 21.5 Å². The maximum absolute atomic E-state index is 13.2. The first-order chi connectivity index (χ1) is 18.1. The first-order valence-corrected chi connectivity index (χ1v) is 13.3. The van der Waals surface area contributed by atoms with Crippen molar-refractivity contribution in [3.8, 4) is 11.3 Å². The highest BCUT2D eigenvalue weighted by Crippen LogP contribution is 2.46. The van der Waals surface area contributed by atoms with Crippen LogP contribution < -0.4 is 0 Å². The number of fused-ring (bicyclic) bond motifs is 1. The summed E-state index contributed by atoms with van der Waals surface area (Å²) in [7, 11) is 0. The van der Waals surface area contributed by atoms with E-state index in [-0.39, 0.29) is 16.8 Å². The Morgan fingerprint density at radius 3 is 2.58 bits per heavy atom. The monoisotopic (exact) mass is 585 g/mol. The van der Waals surface area contributed by atoms with Gasteiger partial charge in [0.2, 0.25) is 0 Å². The van der Waals surface area contributed by atoms with Crippen molar-refractivity contribution in [3.63, 3.8) is 0 Å². The molecule has 1 aliphatic carbocycles. The van der Waals surface area contributed by atoms with Crippen LogP contribution in [-0.4, -0.2) is 32.8 Å². The van der Waals surface area contributed by atoms with Crippen molar-refractivity contribution in [2.24, 2.45) is 0 Å². The fourth-order valence-corrected chi connectivity index (χ4v) is 5.76. The van der Waals surface area contributed by atoms with Crippen LogP contribution in [0.5, 0.6) is 0 Å². The van der Waals surface area contributed by atoms with Gasteiger partial charge in [-0.15, -0.1) is 11.3 Å². The maximum atomic E-state index is 13.2. The summed E-state index contributed by atoms with van der Waals surface area (Å²) >= 11 is 13.7. The van der Waals surface area contributed by atoms with Gasteiger partial charge in [-0.3, -0.25) is 4.98 Å². The lowest BCUT2D eigenvalue weighted by Crippen LogP contribution is -2.07. The molecule has 13 heteroatoms. The molecule has 0 saturated heterocycles. The van der Waals surface area contributed by atoms with Gasteiger partial charge in [-0.05, 0) is 44.2 Å². The van der Waals surface area contributed by atoms with Crippen LogP contribution >= 0.6 is 34.5 Å². The number of unbranched alkanes of at least 4 members (excludes halogenated alkanes) is 1. The van der Waals surface area contributed by atoms with E-state index in [2.05, 4.69) is 15.1 Å². The Hall–Kier alpha value is -2.73. The molecule has 5 rings (SSSR count). The molecule has 1 saturated carbocycles. The fourth-order valence-electron chi connectivity index (χ4n) is 4.12. The van der Waals surface area contributed by atoms with Crippen molar-refractivity contribution in [1.29, 1.82) is 0 Å². The van der Waals surface area contributed by atoms with Crippen LogP contribution in [0.1, 0.15) is 63.9 Å². The summed E-state index contributed by atoms with van der Waals surface area (Å²) in [5.41, 5.74) is 0.492. The molecule has 0 spiro atoms. The SMILES string of the molecule is O=C(O)c1cc(C(F)(F)F)cc2nc(CCCCOCc3c(-c4c(Cl)cncc4Cl)noc3C3CC3)sc12. The van der Waals surface area contributed by atoms with Crippen molar-refractivity contribution in [2.75, 3.05) is 6.61 Å². The number of halogens is 5. The number of benzene rings is 1. The molecule has 200 valence electrons. The van der Waals surface area contributed by atoms with E-state index >= 15 is 0 Å². The number of rotatable bonds is 10. The number of ether oxygens (including phenoxy) is 1. The van der Waals surface area contributed by atoms with Crippen molar-refractivity contribution in [3.05, 3.63) is 62.0 Å². The van der Waals surface area contributed by atoms with E-state index in [1.165, 1.54) is 12.4 Å². The molecule has 0 unspecified atom stereocenters. The van der Waals surface area contributed by atoms with Gasteiger partial charge in [0.05, 0.1) is 43.0 Å². The number of aromatic nitrogens is 3. The molecule has 7 nitrogen and oxygen atoms in total. The van der Waals surface area contributed by atoms with Gasteiger partial charge in [-0.1, -0.05) is 28.4 Å². The molecule has 4 aromatic rings. The number of nitrogens with zero attached hydrogens (tertiary/aromatic N) is 3. The van der Waals surface area contributed by atoms with Gasteiger partial charge in [0, 0.05) is 36.0 Å². The third-order valence-corrected chi connectivity index (χ3v) is 7.86. The molecular formula is C25H20Cl2F3N3O4S. The second-order valence-electron chi connectivity index (χ2n) is 8.92. The van der Waals surface area contributed by atoms with Crippen molar-refractivity contribution in [2.45, 2.75) is 50.8 Å². The molecular weight excluding hydrogens is 566 g/mol. The molecule has 0 aliphatic heterocycles. The third-order valence-electron chi connectivity index (χ3n) is 6.12. The summed E-state index contributed by atoms with van der Waals surface area (Å²) in [5.74, 6) is -0.356. The number of hydrogen-bond donors (Lipinski definition) is 1. The lowest BCUT2D eigenvalue weighted by Gasteiger charge is -2.08. The molecule has 0 bridgehead atoms. The number of carboxylic acid groups (broad SMARTS) is 1. The average molecular weight is 586 g/mol. The van der Waals surface area contributed by atoms with Gasteiger partial charge in [0.1, 0.15) is 11.5 Å². The Bertz CT molecular complexity index is 1480. The molecule has 0 atom stereocenters. The standard InChI is InChI=1S/C25H20Cl2F3N3O4S/c26-16-9-31-10-17(27)20(16)21-15(22(37-33-21)12-4-5-12)11-36-6-2-1-3-19-32-18-8-13(25(28,29)30)7-14(24(34)35)23(18)38-19/h7-10,12H,1-6,11H2,(H,34,35). The predicted molar refractivity (Wildman–Crippen MR) is 136 cm³/mol. The zero-order valence-corrected chi connectivity index (χ0v) is 22.0. The second-order valence-corrected chi connectivity index (χ2v) is 10.8. The van der Waals surface area contributed by atoms with Gasteiger partial charge in [-0.25, -0.2) is 9.78 Å². The smallest absolute Gasteiger partial charge is 0.416 e. The first kappa shape index (κ1) is 26.9. The highest BCUT2D eigenvalue weighted by molar-refractivity contribution is 7.19. The summed E-state index contributed by atoms with van der Waals surface area (Å²) in [6.07, 6.45) is 2.14. The minimum absolute atomic E-state index is 0.0366. The Kier molecular flexibility index (Phi) is 7.63. The van der Waals surface area contributed by atoms with Gasteiger partial charge >= 0.3 is 12.1 Å². The minimum Gasteiger partial charge on any atom is -0.478 e. The van der Waals surface area contributed by atoms with Crippen molar-refractivity contribution >= 4 is 50.7 Å². The second kappa shape index (κ2) is 10.8. The number of aryl methyl sites for hydroxylation is 1. The van der Waals surface area contributed by atoms with E-state index in [0.29, 0.717) is 64.2 Å². The van der Waals surface area contributed by atoms with E-state index in [1.54, 1.807) is 0 Å². The summed E-state index contributed by atoms with van der Waals surface area (Å²) in [4.78, 5) is 19.8. The lowest BCUT2D eigenvalue weighted by molar-refractivity contribution is -0.137. The number of carbonyl (C=O) groups is 1. The van der Waals surface area contributed by atoms with Crippen molar-refractivity contribution < 1.29 is 32.3 Å². The summed E-state index contributed by atoms with van der Waals surface area (Å²) < 4.78 is 51.3. The van der Waals surface area contributed by atoms with Gasteiger partial charge in [0.15, 0.2) is 0 Å². The number of alkyl halides is 3. The molecule has 1 fully saturated rings. The van der Waals surface area contributed by atoms with E-state index in [9.17, 15) is 23.1 Å². The highest BCUT2D eigenvalue weighted by atomic mass is 35.5. The highest BCUT2D eigenvalue weighted by Gasteiger charge is 2.34. The normalized spacial score (nSPS) is 13.9. The van der Waals surface area contributed by atoms with Crippen LogP contribution in [0.2, 0.25) is 10.0 Å². The Labute approximate surface area is 228 Å². The van der Waals surface area contributed by atoms with Gasteiger partial charge in [0.25, 0.3) is 0 Å². The van der Waals surface area contributed by atoms with Crippen LogP contribution in [0.3, 0.4) is 0 Å². The molecule has 3 heterocycles. The Morgan fingerprint density at radius 1 is 1.18 bits per heavy atom. The third kappa shape index (κ3) is 5.66. The van der Waals surface area contributed by atoms with E-state index < -0.39 is 23.3 Å². The molecule has 3 aromatic heterocycles. The number of carboxylic acids is 1. The maximum Gasteiger partial charge on any atom is 0.416 e. The molecule has 1 N–H and O–H groups in total. The first-order valence-electron chi connectivity index (χ1n) is 11.7. The van der Waals surface area contributed by atoms with E-state index in [4.69, 9.17) is 32.5 Å². The largest absolute Gasteiger partial charge is 0.478 e. The van der Waals surface area contributed by atoms with Gasteiger partial charge < -0.3 is 14.4 Å². The molecule has 1 aliphatic rings. The molecule has 38 heavy (non-hydrogen) atoms. The lowest BCUT2D eigenvalue weighted by atomic mass is 10.1. The number of thiazole rings is 1. The molecule has 1 aromatic carbocycles. The summed E-state index contributed by atoms with van der Waals surface area (Å²) in [5, 5.41) is 14.9. The quantitative estimate of drug-likeness (QED) is 0.190. The van der Waals surface area contributed by atoms with Crippen LogP contribution in [0, 0.1) is 0 Å². The van der Waals surface area contributed by atoms with E-state index in [1.807, 2.05) is 0 Å². The average Bonchev–Trinajstić information content (AvgIpc) is 3.48. The van der Waals surface area contributed by atoms with E-state index in [0.717, 1.165) is 41.6 Å². The zero-order valence-electron chi connectivity index (χ0n) is 19.6. The predicted octanol–water partition coefficient (Wildman–Crippen LogP) is 7.79. The Morgan fingerprint density at radius 2 is 1.92 bits per heavy atom. The fraction of sp³-hybridized carbons (Fsp3) is 0.360. The van der Waals surface area contributed by atoms with Crippen LogP contribution in [0.15, 0.2) is 29.0 Å². The molecule has 0 radical (unpaired) electrons. The number of hydrogen-bond acceptors (Lipinski definition) is 7. The zero-order chi connectivity index (χ0) is 27.0. The van der Waals surface area contributed by atoms with Gasteiger partial charge in [-0.2, -0.15) is 13.2 Å². The van der Waals surface area contributed by atoms with Crippen LogP contribution in [-0.2, 0) is 23.9 Å². The summed E-state index contributed by atoms with van der Waals surface area (Å²) in [6, 6.07) is 1.54. The van der Waals surface area contributed by atoms with Crippen LogP contribution in [0.4, 0.5) is 13.2 Å². The molecule has 0 amide bonds. The minimum atomic E-state index is -4.66. The van der Waals surface area contributed by atoms with Crippen molar-refractivity contribution in [1.82, 2.24) is 15.1 Å².